The van der Waals surface area contributed by atoms with E-state index in [0.717, 1.165) is 5.92 Å². The molecule has 0 amide bonds. The van der Waals surface area contributed by atoms with Gasteiger partial charge in [0.2, 0.25) is 0 Å². The lowest BCUT2D eigenvalue weighted by atomic mass is 9.85. The molecule has 3 saturated heterocycles. The summed E-state index contributed by atoms with van der Waals surface area (Å²) in [4.78, 5) is 0. The molecule has 1 unspecified atom stereocenters. The molecule has 3 heteroatoms. The molecule has 3 rings (SSSR count). The Morgan fingerprint density at radius 2 is 1.30 bits per heavy atom. The van der Waals surface area contributed by atoms with Gasteiger partial charge in [0.1, 0.15) is 0 Å². The molecule has 176 valence electrons. The summed E-state index contributed by atoms with van der Waals surface area (Å²) in [5, 5.41) is 0. The molecule has 0 spiro atoms. The third-order valence-electron chi connectivity index (χ3n) is 9.44. The van der Waals surface area contributed by atoms with E-state index in [1.165, 1.54) is 143 Å². The van der Waals surface area contributed by atoms with Gasteiger partial charge < -0.3 is 13.4 Å². The Hall–Kier alpha value is -0.120. The van der Waals surface area contributed by atoms with Gasteiger partial charge >= 0.3 is 0 Å². The second kappa shape index (κ2) is 10.2. The molecule has 3 aliphatic heterocycles. The molecule has 30 heavy (non-hydrogen) atoms. The number of hydrogen-bond acceptors (Lipinski definition) is 0. The van der Waals surface area contributed by atoms with Crippen LogP contribution in [0.5, 0.6) is 0 Å². The van der Waals surface area contributed by atoms with Crippen molar-refractivity contribution in [2.45, 2.75) is 85.5 Å². The van der Waals surface area contributed by atoms with Gasteiger partial charge in [0, 0.05) is 56.3 Å². The predicted octanol–water partition coefficient (Wildman–Crippen LogP) is 5.30. The summed E-state index contributed by atoms with van der Waals surface area (Å²) in [7, 11) is 2.51. The van der Waals surface area contributed by atoms with Gasteiger partial charge in [-0.15, -0.1) is 0 Å². The van der Waals surface area contributed by atoms with Crippen molar-refractivity contribution in [2.24, 2.45) is 11.3 Å². The molecular formula is C27H56N3+3. The standard InChI is InChI=1S/C27H56N3/c1-6-29(18-9-10-19-29)22-13-15-27(3,4)25-30(20-11-12-21-30)23-14-26(2)24-28(5)16-7-8-17-28/h26H,6-25H2,1-5H3/q+3. The van der Waals surface area contributed by atoms with Crippen LogP contribution < -0.4 is 0 Å². The molecule has 3 heterocycles. The van der Waals surface area contributed by atoms with E-state index < -0.39 is 0 Å². The van der Waals surface area contributed by atoms with Gasteiger partial charge in [-0.05, 0) is 19.8 Å². The number of hydrogen-bond donors (Lipinski definition) is 0. The molecule has 0 aromatic rings. The lowest BCUT2D eigenvalue weighted by Crippen LogP contribution is -2.52. The molecule has 0 aliphatic carbocycles. The van der Waals surface area contributed by atoms with Crippen LogP contribution in [0.2, 0.25) is 0 Å². The van der Waals surface area contributed by atoms with Crippen molar-refractivity contribution in [1.82, 2.24) is 0 Å². The maximum absolute atomic E-state index is 2.59. The molecule has 3 nitrogen and oxygen atoms in total. The second-order valence-electron chi connectivity index (χ2n) is 13.0. The van der Waals surface area contributed by atoms with Gasteiger partial charge in [-0.25, -0.2) is 0 Å². The van der Waals surface area contributed by atoms with Crippen LogP contribution in [0.15, 0.2) is 0 Å². The summed E-state index contributed by atoms with van der Waals surface area (Å²) in [5.74, 6) is 0.885. The third kappa shape index (κ3) is 6.69. The molecule has 1 atom stereocenters. The molecule has 0 saturated carbocycles. The van der Waals surface area contributed by atoms with E-state index in [2.05, 4.69) is 34.7 Å². The fourth-order valence-electron chi connectivity index (χ4n) is 7.67. The first-order chi connectivity index (χ1) is 14.2. The van der Waals surface area contributed by atoms with E-state index in [1.807, 2.05) is 0 Å². The van der Waals surface area contributed by atoms with Crippen LogP contribution in [0, 0.1) is 11.3 Å². The number of rotatable bonds is 12. The number of quaternary nitrogens is 3. The highest BCUT2D eigenvalue weighted by Gasteiger charge is 2.39. The number of likely N-dealkylation sites (tertiary alicyclic amines) is 3. The Balaban J connectivity index is 1.47. The Morgan fingerprint density at radius 3 is 1.87 bits per heavy atom. The lowest BCUT2D eigenvalue weighted by molar-refractivity contribution is -0.925. The van der Waals surface area contributed by atoms with E-state index >= 15 is 0 Å². The minimum absolute atomic E-state index is 0.499. The van der Waals surface area contributed by atoms with Gasteiger partial charge in [0.05, 0.1) is 79.0 Å². The summed E-state index contributed by atoms with van der Waals surface area (Å²) < 4.78 is 4.21. The van der Waals surface area contributed by atoms with Crippen molar-refractivity contribution in [3.8, 4) is 0 Å². The van der Waals surface area contributed by atoms with Gasteiger partial charge in [0.15, 0.2) is 0 Å². The zero-order valence-electron chi connectivity index (χ0n) is 21.6. The molecule has 0 bridgehead atoms. The fraction of sp³-hybridized carbons (Fsp3) is 1.00. The highest BCUT2D eigenvalue weighted by atomic mass is 15.4. The van der Waals surface area contributed by atoms with Gasteiger partial charge in [-0.3, -0.25) is 0 Å². The van der Waals surface area contributed by atoms with Crippen LogP contribution in [0.4, 0.5) is 0 Å². The molecule has 0 radical (unpaired) electrons. The van der Waals surface area contributed by atoms with Crippen LogP contribution in [0.1, 0.15) is 85.5 Å². The first kappa shape index (κ1) is 24.5. The van der Waals surface area contributed by atoms with Crippen molar-refractivity contribution in [1.29, 1.82) is 0 Å². The predicted molar refractivity (Wildman–Crippen MR) is 130 cm³/mol. The normalized spacial score (nSPS) is 26.3. The van der Waals surface area contributed by atoms with Crippen LogP contribution in [-0.2, 0) is 0 Å². The maximum atomic E-state index is 2.59. The fourth-order valence-corrected chi connectivity index (χ4v) is 7.67. The van der Waals surface area contributed by atoms with Gasteiger partial charge in [-0.2, -0.15) is 0 Å². The minimum atomic E-state index is 0.499. The highest BCUT2D eigenvalue weighted by Crippen LogP contribution is 2.33. The Morgan fingerprint density at radius 1 is 0.767 bits per heavy atom. The van der Waals surface area contributed by atoms with Crippen molar-refractivity contribution < 1.29 is 13.4 Å². The van der Waals surface area contributed by atoms with E-state index in [-0.39, 0.29) is 0 Å². The van der Waals surface area contributed by atoms with Crippen LogP contribution in [0.3, 0.4) is 0 Å². The maximum Gasteiger partial charge on any atom is 0.0838 e. The number of nitrogens with zero attached hydrogens (tertiary/aromatic N) is 3. The van der Waals surface area contributed by atoms with Gasteiger partial charge in [-0.1, -0.05) is 20.8 Å². The SMILES string of the molecule is CC[N+]1(CCCC(C)(C)C[N+]2(CCC(C)C[N+]3(C)CCCC3)CCCC2)CCCC1. The average Bonchev–Trinajstić information content (AvgIpc) is 3.42. The summed E-state index contributed by atoms with van der Waals surface area (Å²) in [6, 6.07) is 0. The Kier molecular flexibility index (Phi) is 8.35. The van der Waals surface area contributed by atoms with Crippen LogP contribution >= 0.6 is 0 Å². The zero-order chi connectivity index (χ0) is 21.7. The first-order valence-corrected chi connectivity index (χ1v) is 13.7. The van der Waals surface area contributed by atoms with Crippen molar-refractivity contribution in [3.05, 3.63) is 0 Å². The van der Waals surface area contributed by atoms with Crippen LogP contribution in [0.25, 0.3) is 0 Å². The smallest absolute Gasteiger partial charge is 0.0838 e. The summed E-state index contributed by atoms with van der Waals surface area (Å²) in [5.41, 5.74) is 0.499. The minimum Gasteiger partial charge on any atom is -0.326 e. The van der Waals surface area contributed by atoms with Crippen LogP contribution in [-0.4, -0.2) is 92.5 Å². The van der Waals surface area contributed by atoms with Crippen molar-refractivity contribution in [2.75, 3.05) is 79.0 Å². The largest absolute Gasteiger partial charge is 0.326 e. The molecule has 0 N–H and O–H groups in total. The first-order valence-electron chi connectivity index (χ1n) is 13.7. The summed E-state index contributed by atoms with van der Waals surface area (Å²) in [6.07, 6.45) is 13.1. The Labute approximate surface area is 189 Å². The van der Waals surface area contributed by atoms with Gasteiger partial charge in [0.25, 0.3) is 0 Å². The molecule has 0 aromatic carbocycles. The van der Waals surface area contributed by atoms with E-state index in [1.54, 1.807) is 0 Å². The second-order valence-corrected chi connectivity index (χ2v) is 13.0. The lowest BCUT2D eigenvalue weighted by Gasteiger charge is -2.42. The van der Waals surface area contributed by atoms with Crippen molar-refractivity contribution in [3.63, 3.8) is 0 Å². The summed E-state index contributed by atoms with van der Waals surface area (Å²) in [6.45, 7) is 25.9. The Bertz CT molecular complexity index is 508. The monoisotopic (exact) mass is 422 g/mol. The average molecular weight is 423 g/mol. The van der Waals surface area contributed by atoms with E-state index in [4.69, 9.17) is 0 Å². The third-order valence-corrected chi connectivity index (χ3v) is 9.44. The topological polar surface area (TPSA) is 0 Å². The van der Waals surface area contributed by atoms with Crippen molar-refractivity contribution >= 4 is 0 Å². The van der Waals surface area contributed by atoms with E-state index in [9.17, 15) is 0 Å². The molecule has 0 aromatic heterocycles. The quantitative estimate of drug-likeness (QED) is 0.374. The highest BCUT2D eigenvalue weighted by molar-refractivity contribution is 4.72. The zero-order valence-corrected chi connectivity index (χ0v) is 21.6. The molecule has 3 fully saturated rings. The molecule has 3 aliphatic rings. The van der Waals surface area contributed by atoms with E-state index in [0.29, 0.717) is 5.41 Å². The summed E-state index contributed by atoms with van der Waals surface area (Å²) >= 11 is 0. The molecular weight excluding hydrogens is 366 g/mol.